The van der Waals surface area contributed by atoms with Crippen LogP contribution in [0.3, 0.4) is 0 Å². The summed E-state index contributed by atoms with van der Waals surface area (Å²) < 4.78 is 5.53. The summed E-state index contributed by atoms with van der Waals surface area (Å²) in [6.45, 7) is 5.66. The van der Waals surface area contributed by atoms with E-state index in [1.807, 2.05) is 26.4 Å². The summed E-state index contributed by atoms with van der Waals surface area (Å²) in [4.78, 5) is 20.3. The molecule has 1 aliphatic rings. The lowest BCUT2D eigenvalue weighted by Crippen LogP contribution is -2.22. The van der Waals surface area contributed by atoms with Crippen LogP contribution >= 0.6 is 0 Å². The smallest absolute Gasteiger partial charge is 0.222 e. The second kappa shape index (κ2) is 8.86. The molecule has 0 spiro atoms. The number of ether oxygens (including phenoxy) is 1. The minimum absolute atomic E-state index is 0.442. The average Bonchev–Trinajstić information content (AvgIpc) is 2.91. The Morgan fingerprint density at radius 1 is 1.19 bits per heavy atom. The highest BCUT2D eigenvalue weighted by Gasteiger charge is 2.19. The monoisotopic (exact) mass is 357 g/mol. The molecule has 8 heteroatoms. The maximum absolute atomic E-state index is 5.53. The van der Waals surface area contributed by atoms with E-state index >= 15 is 0 Å². The number of nitrogens with one attached hydrogen (secondary N) is 2. The molecule has 0 saturated carbocycles. The van der Waals surface area contributed by atoms with Gasteiger partial charge in [0.25, 0.3) is 0 Å². The van der Waals surface area contributed by atoms with Crippen LogP contribution in [-0.2, 0) is 30.7 Å². The van der Waals surface area contributed by atoms with Gasteiger partial charge in [-0.25, -0.2) is 19.9 Å². The highest BCUT2D eigenvalue weighted by molar-refractivity contribution is 5.50. The van der Waals surface area contributed by atoms with Crippen molar-refractivity contribution in [1.29, 1.82) is 0 Å². The molecule has 0 amide bonds. The van der Waals surface area contributed by atoms with Crippen molar-refractivity contribution in [2.24, 2.45) is 0 Å². The van der Waals surface area contributed by atoms with Gasteiger partial charge >= 0.3 is 0 Å². The molecule has 2 aromatic heterocycles. The van der Waals surface area contributed by atoms with Crippen LogP contribution in [0, 0.1) is 0 Å². The molecular weight excluding hydrogens is 330 g/mol. The van der Waals surface area contributed by atoms with Crippen LogP contribution in [0.25, 0.3) is 0 Å². The zero-order chi connectivity index (χ0) is 18.4. The van der Waals surface area contributed by atoms with Gasteiger partial charge in [-0.3, -0.25) is 0 Å². The number of fused-ring (bicyclic) bond motifs is 1. The van der Waals surface area contributed by atoms with Gasteiger partial charge in [0.2, 0.25) is 5.95 Å². The van der Waals surface area contributed by atoms with E-state index in [1.54, 1.807) is 0 Å². The van der Waals surface area contributed by atoms with Crippen LogP contribution in [0.1, 0.15) is 29.6 Å². The molecule has 0 fully saturated rings. The number of anilines is 2. The largest absolute Gasteiger partial charge is 0.374 e. The molecule has 3 rings (SSSR count). The first kappa shape index (κ1) is 18.5. The van der Waals surface area contributed by atoms with Gasteiger partial charge in [-0.2, -0.15) is 0 Å². The third kappa shape index (κ3) is 4.44. The van der Waals surface area contributed by atoms with Crippen LogP contribution in [0.5, 0.6) is 0 Å². The van der Waals surface area contributed by atoms with Crippen LogP contribution in [0.4, 0.5) is 11.8 Å². The number of nitrogens with zero attached hydrogens (tertiary/aromatic N) is 5. The topological polar surface area (TPSA) is 88.1 Å². The molecule has 0 atom stereocenters. The summed E-state index contributed by atoms with van der Waals surface area (Å²) in [7, 11) is 3.86. The SMILES string of the molecule is CCOCc1nc2c(c(N(C)Cc3cnc(NC)nc3)n1)CCNCC2. The van der Waals surface area contributed by atoms with E-state index in [9.17, 15) is 0 Å². The first-order chi connectivity index (χ1) is 12.7. The third-order valence-electron chi connectivity index (χ3n) is 4.35. The Kier molecular flexibility index (Phi) is 6.30. The summed E-state index contributed by atoms with van der Waals surface area (Å²) >= 11 is 0. The second-order valence-electron chi connectivity index (χ2n) is 6.30. The highest BCUT2D eigenvalue weighted by atomic mass is 16.5. The quantitative estimate of drug-likeness (QED) is 0.763. The number of aromatic nitrogens is 4. The minimum atomic E-state index is 0.442. The summed E-state index contributed by atoms with van der Waals surface area (Å²) in [5.41, 5.74) is 3.39. The molecule has 0 saturated heterocycles. The van der Waals surface area contributed by atoms with Crippen molar-refractivity contribution in [3.63, 3.8) is 0 Å². The fraction of sp³-hybridized carbons (Fsp3) is 0.556. The first-order valence-electron chi connectivity index (χ1n) is 9.08. The molecule has 0 aromatic carbocycles. The second-order valence-corrected chi connectivity index (χ2v) is 6.30. The van der Waals surface area contributed by atoms with Gasteiger partial charge in [0.15, 0.2) is 5.82 Å². The zero-order valence-electron chi connectivity index (χ0n) is 15.7. The van der Waals surface area contributed by atoms with Crippen molar-refractivity contribution in [3.8, 4) is 0 Å². The number of hydrogen-bond donors (Lipinski definition) is 2. The van der Waals surface area contributed by atoms with Crippen LogP contribution < -0.4 is 15.5 Å². The van der Waals surface area contributed by atoms with Gasteiger partial charge in [-0.1, -0.05) is 0 Å². The maximum Gasteiger partial charge on any atom is 0.222 e. The Labute approximate surface area is 154 Å². The van der Waals surface area contributed by atoms with Crippen LogP contribution in [0.2, 0.25) is 0 Å². The molecule has 3 heterocycles. The Morgan fingerprint density at radius 2 is 1.96 bits per heavy atom. The molecule has 140 valence electrons. The van der Waals surface area contributed by atoms with E-state index in [4.69, 9.17) is 14.7 Å². The molecule has 0 radical (unpaired) electrons. The van der Waals surface area contributed by atoms with Gasteiger partial charge in [0, 0.05) is 63.7 Å². The Bertz CT molecular complexity index is 720. The van der Waals surface area contributed by atoms with E-state index in [1.165, 1.54) is 5.56 Å². The van der Waals surface area contributed by atoms with Gasteiger partial charge in [-0.15, -0.1) is 0 Å². The van der Waals surface area contributed by atoms with Crippen molar-refractivity contribution in [1.82, 2.24) is 25.3 Å². The normalized spacial score (nSPS) is 13.8. The highest BCUT2D eigenvalue weighted by Crippen LogP contribution is 2.24. The third-order valence-corrected chi connectivity index (χ3v) is 4.35. The lowest BCUT2D eigenvalue weighted by Gasteiger charge is -2.23. The Balaban J connectivity index is 1.87. The van der Waals surface area contributed by atoms with Crippen LogP contribution in [-0.4, -0.2) is 53.7 Å². The van der Waals surface area contributed by atoms with Gasteiger partial charge in [0.1, 0.15) is 12.4 Å². The average molecular weight is 357 g/mol. The standard InChI is InChI=1S/C18H27N7O/c1-4-26-12-16-23-15-6-8-20-7-5-14(15)17(24-16)25(3)11-13-9-21-18(19-2)22-10-13/h9-10,20H,4-8,11-12H2,1-3H3,(H,19,21,22). The fourth-order valence-corrected chi connectivity index (χ4v) is 3.06. The molecule has 2 N–H and O–H groups in total. The summed E-state index contributed by atoms with van der Waals surface area (Å²) in [6, 6.07) is 0. The summed E-state index contributed by atoms with van der Waals surface area (Å²) in [6.07, 6.45) is 5.53. The van der Waals surface area contributed by atoms with Gasteiger partial charge < -0.3 is 20.3 Å². The number of rotatable bonds is 7. The van der Waals surface area contributed by atoms with Gasteiger partial charge in [-0.05, 0) is 19.9 Å². The molecule has 26 heavy (non-hydrogen) atoms. The van der Waals surface area contributed by atoms with Crippen molar-refractivity contribution >= 4 is 11.8 Å². The maximum atomic E-state index is 5.53. The van der Waals surface area contributed by atoms with Gasteiger partial charge in [0.05, 0.1) is 5.69 Å². The minimum Gasteiger partial charge on any atom is -0.374 e. The Hall–Kier alpha value is -2.32. The summed E-state index contributed by atoms with van der Waals surface area (Å²) in [5.74, 6) is 2.35. The van der Waals surface area contributed by atoms with E-state index < -0.39 is 0 Å². The fourth-order valence-electron chi connectivity index (χ4n) is 3.06. The van der Waals surface area contributed by atoms with Crippen molar-refractivity contribution in [2.75, 3.05) is 44.0 Å². The predicted molar refractivity (Wildman–Crippen MR) is 101 cm³/mol. The summed E-state index contributed by atoms with van der Waals surface area (Å²) in [5, 5.41) is 6.38. The lowest BCUT2D eigenvalue weighted by atomic mass is 10.1. The molecule has 2 aromatic rings. The zero-order valence-corrected chi connectivity index (χ0v) is 15.7. The van der Waals surface area contributed by atoms with Crippen LogP contribution in [0.15, 0.2) is 12.4 Å². The molecule has 1 aliphatic heterocycles. The van der Waals surface area contributed by atoms with Crippen molar-refractivity contribution in [2.45, 2.75) is 32.9 Å². The molecular formula is C18H27N7O. The molecule has 8 nitrogen and oxygen atoms in total. The van der Waals surface area contributed by atoms with E-state index in [2.05, 4.69) is 32.5 Å². The van der Waals surface area contributed by atoms with Crippen molar-refractivity contribution in [3.05, 3.63) is 35.0 Å². The van der Waals surface area contributed by atoms with E-state index in [0.717, 1.165) is 48.8 Å². The van der Waals surface area contributed by atoms with Crippen molar-refractivity contribution < 1.29 is 4.74 Å². The molecule has 0 unspecified atom stereocenters. The number of hydrogen-bond acceptors (Lipinski definition) is 8. The Morgan fingerprint density at radius 3 is 2.69 bits per heavy atom. The first-order valence-corrected chi connectivity index (χ1v) is 9.08. The molecule has 0 aliphatic carbocycles. The van der Waals surface area contributed by atoms with E-state index in [-0.39, 0.29) is 0 Å². The lowest BCUT2D eigenvalue weighted by molar-refractivity contribution is 0.128. The van der Waals surface area contributed by atoms with E-state index in [0.29, 0.717) is 25.7 Å². The molecule has 0 bridgehead atoms. The predicted octanol–water partition coefficient (Wildman–Crippen LogP) is 1.17.